The van der Waals surface area contributed by atoms with Crippen LogP contribution in [0.4, 0.5) is 19.0 Å². The molecule has 0 aromatic carbocycles. The van der Waals surface area contributed by atoms with Gasteiger partial charge in [-0.2, -0.15) is 18.2 Å². The second kappa shape index (κ2) is 4.45. The normalized spacial score (nSPS) is 12.2. The Balaban J connectivity index is 2.52. The summed E-state index contributed by atoms with van der Waals surface area (Å²) < 4.78 is 45.2. The maximum atomic E-state index is 13.0. The van der Waals surface area contributed by atoms with Crippen LogP contribution in [0.2, 0.25) is 0 Å². The SMILES string of the molecule is COc1ccc2nc(N)c3c(C(F)(F)F)nc(Br)n3c2n1. The molecule has 0 unspecified atom stereocenters. The number of halogens is 4. The number of aromatic nitrogens is 4. The van der Waals surface area contributed by atoms with Gasteiger partial charge in [-0.3, -0.25) is 4.40 Å². The van der Waals surface area contributed by atoms with Crippen LogP contribution in [-0.4, -0.2) is 26.5 Å². The van der Waals surface area contributed by atoms with E-state index in [9.17, 15) is 13.2 Å². The molecule has 0 aliphatic carbocycles. The lowest BCUT2D eigenvalue weighted by molar-refractivity contribution is -0.139. The summed E-state index contributed by atoms with van der Waals surface area (Å²) in [5.74, 6) is -0.0375. The number of imidazole rings is 1. The van der Waals surface area contributed by atoms with E-state index < -0.39 is 11.9 Å². The van der Waals surface area contributed by atoms with E-state index in [1.165, 1.54) is 13.2 Å². The molecule has 21 heavy (non-hydrogen) atoms. The zero-order valence-electron chi connectivity index (χ0n) is 10.4. The lowest BCUT2D eigenvalue weighted by Crippen LogP contribution is -2.08. The fourth-order valence-electron chi connectivity index (χ4n) is 1.99. The number of rotatable bonds is 1. The number of nitrogens with two attached hydrogens (primary N) is 1. The Morgan fingerprint density at radius 1 is 1.24 bits per heavy atom. The molecule has 3 aromatic rings. The van der Waals surface area contributed by atoms with Gasteiger partial charge in [0.05, 0.1) is 7.11 Å². The van der Waals surface area contributed by atoms with Crippen molar-refractivity contribution in [3.8, 4) is 5.88 Å². The Hall–Kier alpha value is -2.10. The maximum Gasteiger partial charge on any atom is 0.435 e. The fourth-order valence-corrected chi connectivity index (χ4v) is 2.51. The lowest BCUT2D eigenvalue weighted by Gasteiger charge is -2.08. The molecule has 0 bridgehead atoms. The second-order valence-electron chi connectivity index (χ2n) is 4.10. The van der Waals surface area contributed by atoms with Crippen LogP contribution in [0.5, 0.6) is 5.88 Å². The monoisotopic (exact) mass is 361 g/mol. The average molecular weight is 362 g/mol. The number of ether oxygens (including phenoxy) is 1. The van der Waals surface area contributed by atoms with Crippen molar-refractivity contribution < 1.29 is 17.9 Å². The largest absolute Gasteiger partial charge is 0.481 e. The second-order valence-corrected chi connectivity index (χ2v) is 4.81. The van der Waals surface area contributed by atoms with Crippen LogP contribution >= 0.6 is 15.9 Å². The summed E-state index contributed by atoms with van der Waals surface area (Å²) in [6.45, 7) is 0. The van der Waals surface area contributed by atoms with E-state index >= 15 is 0 Å². The minimum Gasteiger partial charge on any atom is -0.481 e. The molecule has 0 radical (unpaired) electrons. The number of hydrogen-bond acceptors (Lipinski definition) is 5. The predicted octanol–water partition coefficient (Wildman–Crippen LogP) is 2.65. The van der Waals surface area contributed by atoms with Gasteiger partial charge in [0, 0.05) is 6.07 Å². The van der Waals surface area contributed by atoms with E-state index in [4.69, 9.17) is 10.5 Å². The zero-order chi connectivity index (χ0) is 15.4. The number of nitrogen functional groups attached to an aromatic ring is 1. The summed E-state index contributed by atoms with van der Waals surface area (Å²) in [5, 5.41) is 0. The Bertz CT molecular complexity index is 861. The first-order valence-electron chi connectivity index (χ1n) is 5.58. The smallest absolute Gasteiger partial charge is 0.435 e. The van der Waals surface area contributed by atoms with Gasteiger partial charge in [-0.05, 0) is 22.0 Å². The number of nitrogens with zero attached hydrogens (tertiary/aromatic N) is 4. The number of fused-ring (bicyclic) bond motifs is 3. The van der Waals surface area contributed by atoms with Crippen molar-refractivity contribution in [2.75, 3.05) is 12.8 Å². The maximum absolute atomic E-state index is 13.0. The third-order valence-corrected chi connectivity index (χ3v) is 3.37. The van der Waals surface area contributed by atoms with Crippen molar-refractivity contribution in [2.24, 2.45) is 0 Å². The molecule has 3 aromatic heterocycles. The van der Waals surface area contributed by atoms with Crippen LogP contribution in [0.1, 0.15) is 5.69 Å². The average Bonchev–Trinajstić information content (AvgIpc) is 2.77. The van der Waals surface area contributed by atoms with Gasteiger partial charge in [-0.15, -0.1) is 0 Å². The standard InChI is InChI=1S/C11H7BrF3N5O/c1-21-5-3-2-4-9(18-5)20-6(8(16)17-4)7(11(13,14)15)19-10(20)12/h2-3H,1H3,(H2,16,17). The third kappa shape index (κ3) is 2.06. The fraction of sp³-hybridized carbons (Fsp3) is 0.182. The molecule has 10 heteroatoms. The predicted molar refractivity (Wildman–Crippen MR) is 72.0 cm³/mol. The first kappa shape index (κ1) is 13.9. The summed E-state index contributed by atoms with van der Waals surface area (Å²) in [7, 11) is 1.40. The van der Waals surface area contributed by atoms with Gasteiger partial charge in [0.15, 0.2) is 21.9 Å². The van der Waals surface area contributed by atoms with E-state index in [1.807, 2.05) is 0 Å². The number of pyridine rings is 1. The summed E-state index contributed by atoms with van der Waals surface area (Å²) in [5.41, 5.74) is 4.67. The molecule has 3 heterocycles. The Morgan fingerprint density at radius 2 is 1.95 bits per heavy atom. The molecule has 3 rings (SSSR count). The van der Waals surface area contributed by atoms with Crippen LogP contribution in [-0.2, 0) is 6.18 Å². The van der Waals surface area contributed by atoms with Gasteiger partial charge in [-0.1, -0.05) is 0 Å². The molecular weight excluding hydrogens is 355 g/mol. The number of anilines is 1. The van der Waals surface area contributed by atoms with Crippen LogP contribution in [0, 0.1) is 0 Å². The van der Waals surface area contributed by atoms with Crippen LogP contribution in [0.15, 0.2) is 16.9 Å². The number of alkyl halides is 3. The first-order valence-corrected chi connectivity index (χ1v) is 6.37. The van der Waals surface area contributed by atoms with Gasteiger partial charge in [0.25, 0.3) is 0 Å². The Morgan fingerprint density at radius 3 is 2.57 bits per heavy atom. The van der Waals surface area contributed by atoms with E-state index in [1.54, 1.807) is 6.07 Å². The number of hydrogen-bond donors (Lipinski definition) is 1. The van der Waals surface area contributed by atoms with E-state index in [-0.39, 0.29) is 27.6 Å². The Kier molecular flexibility index (Phi) is 2.94. The zero-order valence-corrected chi connectivity index (χ0v) is 12.0. The van der Waals surface area contributed by atoms with Gasteiger partial charge in [0.2, 0.25) is 5.88 Å². The van der Waals surface area contributed by atoms with Crippen molar-refractivity contribution in [3.63, 3.8) is 0 Å². The molecule has 0 saturated heterocycles. The molecule has 0 amide bonds. The summed E-state index contributed by atoms with van der Waals surface area (Å²) in [4.78, 5) is 11.5. The first-order chi connectivity index (χ1) is 9.82. The van der Waals surface area contributed by atoms with Crippen molar-refractivity contribution in [1.82, 2.24) is 19.4 Å². The minimum absolute atomic E-state index is 0.0651. The molecule has 110 valence electrons. The van der Waals surface area contributed by atoms with Gasteiger partial charge < -0.3 is 10.5 Å². The van der Waals surface area contributed by atoms with Crippen LogP contribution in [0.25, 0.3) is 16.7 Å². The minimum atomic E-state index is -4.65. The summed E-state index contributed by atoms with van der Waals surface area (Å²) in [6.07, 6.45) is -4.65. The highest BCUT2D eigenvalue weighted by Gasteiger charge is 2.38. The molecule has 0 spiro atoms. The molecule has 0 atom stereocenters. The quantitative estimate of drug-likeness (QED) is 0.720. The molecule has 0 fully saturated rings. The molecule has 0 aliphatic heterocycles. The number of methoxy groups -OCH3 is 1. The van der Waals surface area contributed by atoms with E-state index in [0.29, 0.717) is 5.52 Å². The third-order valence-electron chi connectivity index (χ3n) is 2.84. The lowest BCUT2D eigenvalue weighted by atomic mass is 10.3. The van der Waals surface area contributed by atoms with Gasteiger partial charge in [0.1, 0.15) is 11.0 Å². The van der Waals surface area contributed by atoms with Crippen molar-refractivity contribution in [1.29, 1.82) is 0 Å². The Labute approximate surface area is 123 Å². The highest BCUT2D eigenvalue weighted by Crippen LogP contribution is 2.36. The van der Waals surface area contributed by atoms with Crippen molar-refractivity contribution >= 4 is 38.4 Å². The highest BCUT2D eigenvalue weighted by molar-refractivity contribution is 9.10. The van der Waals surface area contributed by atoms with Crippen molar-refractivity contribution in [2.45, 2.75) is 6.18 Å². The van der Waals surface area contributed by atoms with Crippen LogP contribution < -0.4 is 10.5 Å². The topological polar surface area (TPSA) is 78.3 Å². The van der Waals surface area contributed by atoms with E-state index in [0.717, 1.165) is 4.40 Å². The summed E-state index contributed by atoms with van der Waals surface area (Å²) >= 11 is 3.00. The van der Waals surface area contributed by atoms with Crippen molar-refractivity contribution in [3.05, 3.63) is 22.6 Å². The van der Waals surface area contributed by atoms with Crippen LogP contribution in [0.3, 0.4) is 0 Å². The highest BCUT2D eigenvalue weighted by atomic mass is 79.9. The molecular formula is C11H7BrF3N5O. The van der Waals surface area contributed by atoms with Gasteiger partial charge in [-0.25, -0.2) is 9.97 Å². The summed E-state index contributed by atoms with van der Waals surface area (Å²) in [6, 6.07) is 3.09. The molecule has 2 N–H and O–H groups in total. The molecule has 0 saturated carbocycles. The molecule has 0 aliphatic rings. The molecule has 6 nitrogen and oxygen atoms in total. The van der Waals surface area contributed by atoms with E-state index in [2.05, 4.69) is 30.9 Å². The van der Waals surface area contributed by atoms with Gasteiger partial charge >= 0.3 is 6.18 Å².